The Morgan fingerprint density at radius 3 is 2.67 bits per heavy atom. The third-order valence-corrected chi connectivity index (χ3v) is 4.75. The van der Waals surface area contributed by atoms with Crippen molar-refractivity contribution in [2.75, 3.05) is 12.0 Å². The van der Waals surface area contributed by atoms with Crippen LogP contribution in [0.15, 0.2) is 35.7 Å². The minimum Gasteiger partial charge on any atom is -0.351 e. The molecule has 0 spiro atoms. The molecular formula is C16H21N3OS. The molecule has 0 bridgehead atoms. The zero-order chi connectivity index (χ0) is 15.5. The Balaban J connectivity index is 2.05. The highest BCUT2D eigenvalue weighted by molar-refractivity contribution is 7.10. The molecule has 0 unspecified atom stereocenters. The summed E-state index contributed by atoms with van der Waals surface area (Å²) in [5, 5.41) is 5.08. The van der Waals surface area contributed by atoms with E-state index in [0.717, 1.165) is 11.3 Å². The second-order valence-electron chi connectivity index (χ2n) is 5.72. The molecule has 0 aliphatic rings. The zero-order valence-corrected chi connectivity index (χ0v) is 13.4. The van der Waals surface area contributed by atoms with E-state index in [4.69, 9.17) is 5.84 Å². The third-order valence-electron chi connectivity index (χ3n) is 3.52. The number of carbonyl (C=O) groups is 1. The van der Waals surface area contributed by atoms with Crippen LogP contribution >= 0.6 is 11.3 Å². The summed E-state index contributed by atoms with van der Waals surface area (Å²) in [6.45, 7) is 6.77. The Morgan fingerprint density at radius 1 is 1.33 bits per heavy atom. The first kappa shape index (κ1) is 15.5. The van der Waals surface area contributed by atoms with Crippen molar-refractivity contribution < 1.29 is 4.79 Å². The summed E-state index contributed by atoms with van der Waals surface area (Å²) >= 11 is 1.71. The van der Waals surface area contributed by atoms with Crippen LogP contribution in [0.25, 0.3) is 0 Å². The van der Waals surface area contributed by atoms with Gasteiger partial charge in [-0.2, -0.15) is 0 Å². The SMILES string of the molecule is Cc1cc(NN)ccc1C(=O)NCC(C)(C)c1cccs1. The summed E-state index contributed by atoms with van der Waals surface area (Å²) in [6.07, 6.45) is 0. The largest absolute Gasteiger partial charge is 0.351 e. The van der Waals surface area contributed by atoms with Gasteiger partial charge in [0.2, 0.25) is 0 Å². The quantitative estimate of drug-likeness (QED) is 0.587. The van der Waals surface area contributed by atoms with Crippen LogP contribution in [0.4, 0.5) is 5.69 Å². The molecule has 1 heterocycles. The van der Waals surface area contributed by atoms with Crippen molar-refractivity contribution >= 4 is 22.9 Å². The number of carbonyl (C=O) groups excluding carboxylic acids is 1. The fraction of sp³-hybridized carbons (Fsp3) is 0.312. The lowest BCUT2D eigenvalue weighted by Crippen LogP contribution is -2.36. The Labute approximate surface area is 129 Å². The first-order chi connectivity index (χ1) is 9.94. The second kappa shape index (κ2) is 6.28. The van der Waals surface area contributed by atoms with E-state index in [-0.39, 0.29) is 11.3 Å². The monoisotopic (exact) mass is 303 g/mol. The number of hydrogen-bond acceptors (Lipinski definition) is 4. The van der Waals surface area contributed by atoms with Crippen LogP contribution in [0.3, 0.4) is 0 Å². The Kier molecular flexibility index (Phi) is 4.65. The number of nitrogens with two attached hydrogens (primary N) is 1. The van der Waals surface area contributed by atoms with Gasteiger partial charge in [0.25, 0.3) is 5.91 Å². The van der Waals surface area contributed by atoms with E-state index in [1.807, 2.05) is 19.1 Å². The third kappa shape index (κ3) is 3.62. The molecule has 2 aromatic rings. The van der Waals surface area contributed by atoms with E-state index < -0.39 is 0 Å². The number of aryl methyl sites for hydroxylation is 1. The van der Waals surface area contributed by atoms with Gasteiger partial charge in [-0.1, -0.05) is 19.9 Å². The summed E-state index contributed by atoms with van der Waals surface area (Å²) < 4.78 is 0. The van der Waals surface area contributed by atoms with Crippen LogP contribution in [-0.4, -0.2) is 12.5 Å². The summed E-state index contributed by atoms with van der Waals surface area (Å²) in [4.78, 5) is 13.6. The van der Waals surface area contributed by atoms with Crippen molar-refractivity contribution in [3.63, 3.8) is 0 Å². The molecule has 1 aromatic heterocycles. The number of hydrazine groups is 1. The molecule has 21 heavy (non-hydrogen) atoms. The second-order valence-corrected chi connectivity index (χ2v) is 6.67. The standard InChI is InChI=1S/C16H21N3OS/c1-11-9-12(19-17)6-7-13(11)15(20)18-10-16(2,3)14-5-4-8-21-14/h4-9,19H,10,17H2,1-3H3,(H,18,20). The van der Waals surface area contributed by atoms with Gasteiger partial charge in [-0.05, 0) is 42.1 Å². The number of rotatable bonds is 5. The maximum atomic E-state index is 12.3. The molecule has 4 nitrogen and oxygen atoms in total. The molecule has 0 aliphatic heterocycles. The molecule has 112 valence electrons. The number of thiophene rings is 1. The smallest absolute Gasteiger partial charge is 0.251 e. The minimum absolute atomic E-state index is 0.0549. The van der Waals surface area contributed by atoms with E-state index in [0.29, 0.717) is 12.1 Å². The topological polar surface area (TPSA) is 67.1 Å². The van der Waals surface area contributed by atoms with Crippen molar-refractivity contribution in [1.82, 2.24) is 5.32 Å². The first-order valence-corrected chi connectivity index (χ1v) is 7.71. The van der Waals surface area contributed by atoms with Crippen LogP contribution < -0.4 is 16.6 Å². The molecule has 0 atom stereocenters. The van der Waals surface area contributed by atoms with Crippen molar-refractivity contribution in [2.24, 2.45) is 5.84 Å². The Bertz CT molecular complexity index is 620. The van der Waals surface area contributed by atoms with Crippen LogP contribution in [-0.2, 0) is 5.41 Å². The molecule has 2 rings (SSSR count). The van der Waals surface area contributed by atoms with Gasteiger partial charge < -0.3 is 10.7 Å². The van der Waals surface area contributed by atoms with Gasteiger partial charge in [0.05, 0.1) is 0 Å². The van der Waals surface area contributed by atoms with E-state index in [1.165, 1.54) is 4.88 Å². The highest BCUT2D eigenvalue weighted by Crippen LogP contribution is 2.26. The average molecular weight is 303 g/mol. The number of amides is 1. The maximum absolute atomic E-state index is 12.3. The van der Waals surface area contributed by atoms with Crippen LogP contribution in [0.1, 0.15) is 34.6 Å². The van der Waals surface area contributed by atoms with Crippen LogP contribution in [0.5, 0.6) is 0 Å². The molecule has 5 heteroatoms. The van der Waals surface area contributed by atoms with Crippen molar-refractivity contribution in [2.45, 2.75) is 26.2 Å². The lowest BCUT2D eigenvalue weighted by atomic mass is 9.91. The van der Waals surface area contributed by atoms with Crippen molar-refractivity contribution in [1.29, 1.82) is 0 Å². The zero-order valence-electron chi connectivity index (χ0n) is 12.6. The summed E-state index contributed by atoms with van der Waals surface area (Å²) in [5.41, 5.74) is 4.88. The van der Waals surface area contributed by atoms with E-state index >= 15 is 0 Å². The summed E-state index contributed by atoms with van der Waals surface area (Å²) in [5.74, 6) is 5.31. The van der Waals surface area contributed by atoms with E-state index in [9.17, 15) is 4.79 Å². The summed E-state index contributed by atoms with van der Waals surface area (Å²) in [7, 11) is 0. The van der Waals surface area contributed by atoms with Crippen LogP contribution in [0.2, 0.25) is 0 Å². The lowest BCUT2D eigenvalue weighted by molar-refractivity contribution is 0.0945. The lowest BCUT2D eigenvalue weighted by Gasteiger charge is -2.24. The Morgan fingerprint density at radius 2 is 2.10 bits per heavy atom. The van der Waals surface area contributed by atoms with E-state index in [2.05, 4.69) is 36.0 Å². The van der Waals surface area contributed by atoms with Crippen LogP contribution in [0, 0.1) is 6.92 Å². The van der Waals surface area contributed by atoms with Gasteiger partial charge in [0, 0.05) is 28.1 Å². The molecule has 0 saturated heterocycles. The molecule has 4 N–H and O–H groups in total. The van der Waals surface area contributed by atoms with E-state index in [1.54, 1.807) is 23.5 Å². The molecule has 0 fully saturated rings. The molecule has 1 aromatic carbocycles. The van der Waals surface area contributed by atoms with Crippen molar-refractivity contribution in [3.05, 3.63) is 51.7 Å². The first-order valence-electron chi connectivity index (χ1n) is 6.83. The number of hydrogen-bond donors (Lipinski definition) is 3. The summed E-state index contributed by atoms with van der Waals surface area (Å²) in [6, 6.07) is 9.58. The molecular weight excluding hydrogens is 282 g/mol. The fourth-order valence-corrected chi connectivity index (χ4v) is 3.01. The average Bonchev–Trinajstić information content (AvgIpc) is 2.99. The highest BCUT2D eigenvalue weighted by Gasteiger charge is 2.23. The molecule has 0 aliphatic carbocycles. The number of anilines is 1. The van der Waals surface area contributed by atoms with Gasteiger partial charge in [0.15, 0.2) is 0 Å². The minimum atomic E-state index is -0.0729. The van der Waals surface area contributed by atoms with Crippen molar-refractivity contribution in [3.8, 4) is 0 Å². The van der Waals surface area contributed by atoms with Gasteiger partial charge in [-0.25, -0.2) is 0 Å². The van der Waals surface area contributed by atoms with Gasteiger partial charge in [-0.15, -0.1) is 11.3 Å². The number of nitrogen functional groups attached to an aromatic ring is 1. The van der Waals surface area contributed by atoms with Gasteiger partial charge >= 0.3 is 0 Å². The number of benzene rings is 1. The maximum Gasteiger partial charge on any atom is 0.251 e. The molecule has 0 saturated carbocycles. The molecule has 0 radical (unpaired) electrons. The van der Waals surface area contributed by atoms with Gasteiger partial charge in [-0.3, -0.25) is 10.6 Å². The van der Waals surface area contributed by atoms with Gasteiger partial charge in [0.1, 0.15) is 0 Å². The predicted octanol–water partition coefficient (Wildman–Crippen LogP) is 3.05. The number of nitrogens with one attached hydrogen (secondary N) is 2. The highest BCUT2D eigenvalue weighted by atomic mass is 32.1. The molecule has 1 amide bonds. The fourth-order valence-electron chi connectivity index (χ4n) is 2.16. The Hall–Kier alpha value is -1.85. The predicted molar refractivity (Wildman–Crippen MR) is 88.7 cm³/mol. The normalized spacial score (nSPS) is 11.2.